The number of Topliss-reactive ketones (excluding diaryl/α,β-unsaturated/α-hetero) is 1. The molecule has 8 heteroatoms. The highest BCUT2D eigenvalue weighted by molar-refractivity contribution is 6.04. The first-order valence-electron chi connectivity index (χ1n) is 9.49. The van der Waals surface area contributed by atoms with E-state index < -0.39 is 0 Å². The van der Waals surface area contributed by atoms with Crippen LogP contribution in [0.1, 0.15) is 28.8 Å². The fraction of sp³-hybridized carbons (Fsp3) is 0.136. The molecular weight excluding hydrogens is 382 g/mol. The summed E-state index contributed by atoms with van der Waals surface area (Å²) in [6.45, 7) is 1.65. The van der Waals surface area contributed by atoms with E-state index in [1.807, 2.05) is 30.3 Å². The summed E-state index contributed by atoms with van der Waals surface area (Å²) in [4.78, 5) is 41.9. The second-order valence-electron chi connectivity index (χ2n) is 7.24. The highest BCUT2D eigenvalue weighted by atomic mass is 16.2. The zero-order valence-corrected chi connectivity index (χ0v) is 16.1. The molecule has 148 valence electrons. The van der Waals surface area contributed by atoms with Gasteiger partial charge in [0.15, 0.2) is 11.4 Å². The third kappa shape index (κ3) is 2.81. The molecule has 30 heavy (non-hydrogen) atoms. The van der Waals surface area contributed by atoms with E-state index in [-0.39, 0.29) is 29.7 Å². The van der Waals surface area contributed by atoms with Gasteiger partial charge in [-0.25, -0.2) is 9.67 Å². The van der Waals surface area contributed by atoms with Crippen molar-refractivity contribution in [3.8, 4) is 5.69 Å². The molecule has 1 atom stereocenters. The van der Waals surface area contributed by atoms with E-state index in [4.69, 9.17) is 0 Å². The van der Waals surface area contributed by atoms with Crippen molar-refractivity contribution in [1.82, 2.24) is 19.3 Å². The number of hydrogen-bond acceptors (Lipinski definition) is 5. The molecule has 2 aromatic heterocycles. The molecule has 0 saturated carbocycles. The van der Waals surface area contributed by atoms with Gasteiger partial charge in [-0.05, 0) is 42.8 Å². The van der Waals surface area contributed by atoms with Crippen LogP contribution in [0.3, 0.4) is 0 Å². The minimum atomic E-state index is -0.332. The second kappa shape index (κ2) is 6.77. The van der Waals surface area contributed by atoms with Gasteiger partial charge in [0.2, 0.25) is 5.91 Å². The maximum Gasteiger partial charge on any atom is 0.264 e. The molecule has 1 aliphatic heterocycles. The lowest BCUT2D eigenvalue weighted by atomic mass is 9.99. The summed E-state index contributed by atoms with van der Waals surface area (Å²) in [5, 5.41) is 7.40. The molecule has 0 aliphatic carbocycles. The first-order valence-corrected chi connectivity index (χ1v) is 9.49. The van der Waals surface area contributed by atoms with Gasteiger partial charge in [-0.1, -0.05) is 18.2 Å². The fourth-order valence-electron chi connectivity index (χ4n) is 3.66. The molecule has 4 aromatic rings. The molecule has 0 bridgehead atoms. The minimum absolute atomic E-state index is 0.0871. The third-order valence-electron chi connectivity index (χ3n) is 5.36. The molecule has 0 radical (unpaired) electrons. The molecule has 1 amide bonds. The smallest absolute Gasteiger partial charge is 0.264 e. The van der Waals surface area contributed by atoms with Gasteiger partial charge in [0, 0.05) is 11.3 Å². The number of para-hydroxylation sites is 1. The van der Waals surface area contributed by atoms with Crippen LogP contribution in [0, 0.1) is 0 Å². The number of fused-ring (bicyclic) bond motifs is 2. The Morgan fingerprint density at radius 2 is 1.93 bits per heavy atom. The minimum Gasteiger partial charge on any atom is -0.325 e. The largest absolute Gasteiger partial charge is 0.325 e. The summed E-state index contributed by atoms with van der Waals surface area (Å²) in [7, 11) is 0. The number of amides is 1. The standard InChI is InChI=1S/C22H17N5O3/c1-13-16-9-14(7-8-18(16)25-21(13)29)19(28)11-26-12-23-20-17(22(26)30)10-24-27(20)15-5-3-2-4-6-15/h2-10,12-13H,11H2,1H3,(H,25,29)/t13-/m0/s1. The first kappa shape index (κ1) is 18.0. The van der Waals surface area contributed by atoms with Gasteiger partial charge in [-0.15, -0.1) is 0 Å². The van der Waals surface area contributed by atoms with E-state index in [1.54, 1.807) is 29.8 Å². The van der Waals surface area contributed by atoms with E-state index in [0.29, 0.717) is 16.6 Å². The lowest BCUT2D eigenvalue weighted by molar-refractivity contribution is -0.116. The summed E-state index contributed by atoms with van der Waals surface area (Å²) in [6.07, 6.45) is 2.83. The SMILES string of the molecule is C[C@@H]1C(=O)Nc2ccc(C(=O)Cn3cnc4c(cnn4-c4ccccc4)c3=O)cc21. The molecule has 2 aromatic carbocycles. The van der Waals surface area contributed by atoms with Gasteiger partial charge in [-0.3, -0.25) is 19.0 Å². The topological polar surface area (TPSA) is 98.9 Å². The zero-order valence-electron chi connectivity index (χ0n) is 16.1. The Labute approximate surface area is 170 Å². The van der Waals surface area contributed by atoms with Crippen LogP contribution >= 0.6 is 0 Å². The summed E-state index contributed by atoms with van der Waals surface area (Å²) in [5.74, 6) is -0.628. The molecule has 0 saturated heterocycles. The van der Waals surface area contributed by atoms with Gasteiger partial charge in [0.05, 0.1) is 24.3 Å². The van der Waals surface area contributed by atoms with Crippen LogP contribution in [0.2, 0.25) is 0 Å². The Morgan fingerprint density at radius 1 is 1.13 bits per heavy atom. The van der Waals surface area contributed by atoms with Crippen LogP contribution in [0.5, 0.6) is 0 Å². The Hall–Kier alpha value is -4.07. The maximum atomic E-state index is 12.9. The molecule has 0 unspecified atom stereocenters. The number of carbonyl (C=O) groups excluding carboxylic acids is 2. The Bertz CT molecular complexity index is 1370. The van der Waals surface area contributed by atoms with Crippen molar-refractivity contribution in [2.75, 3.05) is 5.32 Å². The molecule has 5 rings (SSSR count). The van der Waals surface area contributed by atoms with Crippen LogP contribution in [0.4, 0.5) is 5.69 Å². The number of anilines is 1. The van der Waals surface area contributed by atoms with Crippen LogP contribution in [-0.4, -0.2) is 31.0 Å². The first-order chi connectivity index (χ1) is 14.5. The van der Waals surface area contributed by atoms with Crippen molar-refractivity contribution >= 4 is 28.4 Å². The summed E-state index contributed by atoms with van der Waals surface area (Å²) in [6, 6.07) is 14.5. The second-order valence-corrected chi connectivity index (χ2v) is 7.24. The lowest BCUT2D eigenvalue weighted by Gasteiger charge is -2.08. The van der Waals surface area contributed by atoms with Gasteiger partial charge < -0.3 is 5.32 Å². The molecular formula is C22H17N5O3. The van der Waals surface area contributed by atoms with Crippen LogP contribution < -0.4 is 10.9 Å². The predicted molar refractivity (Wildman–Crippen MR) is 111 cm³/mol. The number of benzene rings is 2. The van der Waals surface area contributed by atoms with Gasteiger partial charge >= 0.3 is 0 Å². The molecule has 1 N–H and O–H groups in total. The Kier molecular flexibility index (Phi) is 4.06. The van der Waals surface area contributed by atoms with Crippen LogP contribution in [-0.2, 0) is 11.3 Å². The van der Waals surface area contributed by atoms with Crippen LogP contribution in [0.25, 0.3) is 16.7 Å². The summed E-state index contributed by atoms with van der Waals surface area (Å²) >= 11 is 0. The molecule has 0 fully saturated rings. The normalized spacial score (nSPS) is 15.2. The van der Waals surface area contributed by atoms with E-state index in [9.17, 15) is 14.4 Å². The average molecular weight is 399 g/mol. The number of hydrogen-bond donors (Lipinski definition) is 1. The highest BCUT2D eigenvalue weighted by Crippen LogP contribution is 2.32. The van der Waals surface area contributed by atoms with Crippen molar-refractivity contribution in [3.63, 3.8) is 0 Å². The summed E-state index contributed by atoms with van der Waals surface area (Å²) < 4.78 is 2.87. The highest BCUT2D eigenvalue weighted by Gasteiger charge is 2.27. The Balaban J connectivity index is 1.47. The van der Waals surface area contributed by atoms with Crippen molar-refractivity contribution < 1.29 is 9.59 Å². The maximum absolute atomic E-state index is 12.9. The third-order valence-corrected chi connectivity index (χ3v) is 5.36. The van der Waals surface area contributed by atoms with Crippen molar-refractivity contribution in [3.05, 3.63) is 82.5 Å². The molecule has 8 nitrogen and oxygen atoms in total. The predicted octanol–water partition coefficient (Wildman–Crippen LogP) is 2.52. The van der Waals surface area contributed by atoms with Crippen molar-refractivity contribution in [1.29, 1.82) is 0 Å². The van der Waals surface area contributed by atoms with E-state index in [0.717, 1.165) is 16.9 Å². The lowest BCUT2D eigenvalue weighted by Crippen LogP contribution is -2.24. The van der Waals surface area contributed by atoms with Gasteiger partial charge in [0.1, 0.15) is 11.7 Å². The molecule has 1 aliphatic rings. The number of nitrogens with zero attached hydrogens (tertiary/aromatic N) is 4. The van der Waals surface area contributed by atoms with Gasteiger partial charge in [-0.2, -0.15) is 5.10 Å². The number of aromatic nitrogens is 4. The van der Waals surface area contributed by atoms with E-state index >= 15 is 0 Å². The number of rotatable bonds is 4. The van der Waals surface area contributed by atoms with Crippen LogP contribution in [0.15, 0.2) is 65.8 Å². The Morgan fingerprint density at radius 3 is 2.73 bits per heavy atom. The monoisotopic (exact) mass is 399 g/mol. The quantitative estimate of drug-likeness (QED) is 0.532. The van der Waals surface area contributed by atoms with Gasteiger partial charge in [0.25, 0.3) is 5.56 Å². The van der Waals surface area contributed by atoms with Crippen molar-refractivity contribution in [2.24, 2.45) is 0 Å². The zero-order chi connectivity index (χ0) is 20.8. The number of ketones is 1. The fourth-order valence-corrected chi connectivity index (χ4v) is 3.66. The van der Waals surface area contributed by atoms with E-state index in [1.165, 1.54) is 17.1 Å². The number of carbonyl (C=O) groups is 2. The molecule has 3 heterocycles. The van der Waals surface area contributed by atoms with Crippen molar-refractivity contribution in [2.45, 2.75) is 19.4 Å². The summed E-state index contributed by atoms with van der Waals surface area (Å²) in [5.41, 5.74) is 2.86. The number of nitrogens with one attached hydrogen (secondary N) is 1. The molecule has 0 spiro atoms. The average Bonchev–Trinajstić information content (AvgIpc) is 3.32. The van der Waals surface area contributed by atoms with E-state index in [2.05, 4.69) is 15.4 Å².